The van der Waals surface area contributed by atoms with Crippen molar-refractivity contribution in [1.29, 1.82) is 0 Å². The molecule has 1 aliphatic carbocycles. The van der Waals surface area contributed by atoms with E-state index in [-0.39, 0.29) is 5.91 Å². The zero-order valence-corrected chi connectivity index (χ0v) is 17.5. The third kappa shape index (κ3) is 5.31. The predicted octanol–water partition coefficient (Wildman–Crippen LogP) is -0.393. The van der Waals surface area contributed by atoms with Crippen molar-refractivity contribution >= 4 is 15.9 Å². The first kappa shape index (κ1) is 21.2. The van der Waals surface area contributed by atoms with E-state index < -0.39 is 10.0 Å². The van der Waals surface area contributed by atoms with Crippen LogP contribution in [-0.4, -0.2) is 71.1 Å². The van der Waals surface area contributed by atoms with Crippen molar-refractivity contribution in [1.82, 2.24) is 9.62 Å². The fourth-order valence-electron chi connectivity index (χ4n) is 3.91. The van der Waals surface area contributed by atoms with E-state index in [4.69, 9.17) is 4.74 Å². The lowest BCUT2D eigenvalue weighted by atomic mass is 10.1. The summed E-state index contributed by atoms with van der Waals surface area (Å²) in [6.07, 6.45) is 3.93. The summed E-state index contributed by atoms with van der Waals surface area (Å²) in [5.74, 6) is 0.0152. The van der Waals surface area contributed by atoms with Crippen molar-refractivity contribution in [2.45, 2.75) is 37.5 Å². The molecule has 2 aliphatic rings. The van der Waals surface area contributed by atoms with E-state index in [9.17, 15) is 13.2 Å². The Bertz CT molecular complexity index is 774. The smallest absolute Gasteiger partial charge is 0.275 e. The number of nitrogens with one attached hydrogen (secondary N) is 2. The summed E-state index contributed by atoms with van der Waals surface area (Å²) < 4.78 is 32.8. The number of hydrogen-bond acceptors (Lipinski definition) is 4. The van der Waals surface area contributed by atoms with Crippen molar-refractivity contribution in [3.63, 3.8) is 0 Å². The van der Waals surface area contributed by atoms with Crippen LogP contribution in [0.1, 0.15) is 30.9 Å². The third-order valence-electron chi connectivity index (χ3n) is 5.54. The minimum Gasteiger partial charge on any atom is -0.382 e. The Kier molecular flexibility index (Phi) is 7.45. The fraction of sp³-hybridized carbons (Fsp3) is 0.650. The van der Waals surface area contributed by atoms with Crippen LogP contribution in [-0.2, 0) is 32.4 Å². The first-order valence-electron chi connectivity index (χ1n) is 10.3. The summed E-state index contributed by atoms with van der Waals surface area (Å²) in [5, 5.41) is 2.91. The molecule has 1 heterocycles. The Hall–Kier alpha value is -1.48. The van der Waals surface area contributed by atoms with Crippen LogP contribution in [0, 0.1) is 0 Å². The van der Waals surface area contributed by atoms with Crippen molar-refractivity contribution in [3.8, 4) is 0 Å². The molecular weight excluding hydrogens is 378 g/mol. The van der Waals surface area contributed by atoms with Gasteiger partial charge in [-0.2, -0.15) is 4.31 Å². The molecule has 0 saturated carbocycles. The van der Waals surface area contributed by atoms with E-state index in [0.717, 1.165) is 30.6 Å². The number of benzene rings is 1. The number of nitrogens with zero attached hydrogens (tertiary/aromatic N) is 1. The van der Waals surface area contributed by atoms with Crippen molar-refractivity contribution < 1.29 is 22.8 Å². The first-order valence-corrected chi connectivity index (χ1v) is 11.7. The largest absolute Gasteiger partial charge is 0.382 e. The summed E-state index contributed by atoms with van der Waals surface area (Å²) in [6.45, 7) is 6.50. The highest BCUT2D eigenvalue weighted by Crippen LogP contribution is 2.26. The molecule has 156 valence electrons. The Morgan fingerprint density at radius 2 is 1.96 bits per heavy atom. The Morgan fingerprint density at radius 1 is 1.21 bits per heavy atom. The van der Waals surface area contributed by atoms with E-state index >= 15 is 0 Å². The molecule has 1 amide bonds. The van der Waals surface area contributed by atoms with Crippen LogP contribution in [0.25, 0.3) is 0 Å². The topological polar surface area (TPSA) is 80.2 Å². The number of quaternary nitrogens is 1. The summed E-state index contributed by atoms with van der Waals surface area (Å²) in [4.78, 5) is 13.6. The lowest BCUT2D eigenvalue weighted by molar-refractivity contribution is -0.895. The van der Waals surface area contributed by atoms with Gasteiger partial charge in [-0.15, -0.1) is 0 Å². The first-order chi connectivity index (χ1) is 13.5. The molecule has 1 aromatic carbocycles. The molecule has 0 spiro atoms. The van der Waals surface area contributed by atoms with Crippen molar-refractivity contribution in [2.24, 2.45) is 0 Å². The molecule has 3 rings (SSSR count). The molecule has 2 N–H and O–H groups in total. The molecule has 0 aromatic heterocycles. The summed E-state index contributed by atoms with van der Waals surface area (Å²) in [7, 11) is -3.45. The number of piperazine rings is 1. The SMILES string of the molecule is CCOCCCNC(=O)C[NH+]1CCN(S(=O)(=O)c2ccc3c(c2)CCC3)CC1. The van der Waals surface area contributed by atoms with Gasteiger partial charge < -0.3 is 15.0 Å². The number of amides is 1. The second kappa shape index (κ2) is 9.82. The van der Waals surface area contributed by atoms with Crippen LogP contribution < -0.4 is 10.2 Å². The molecule has 7 nitrogen and oxygen atoms in total. The number of aryl methyl sites for hydroxylation is 2. The van der Waals surface area contributed by atoms with Crippen LogP contribution in [0.15, 0.2) is 23.1 Å². The minimum atomic E-state index is -3.45. The number of carbonyl (C=O) groups excluding carboxylic acids is 1. The maximum absolute atomic E-state index is 13.0. The molecule has 0 bridgehead atoms. The van der Waals surface area contributed by atoms with Crippen molar-refractivity contribution in [3.05, 3.63) is 29.3 Å². The van der Waals surface area contributed by atoms with E-state index in [2.05, 4.69) is 5.32 Å². The van der Waals surface area contributed by atoms with Gasteiger partial charge in [0.15, 0.2) is 6.54 Å². The number of carbonyl (C=O) groups is 1. The van der Waals surface area contributed by atoms with Gasteiger partial charge >= 0.3 is 0 Å². The maximum atomic E-state index is 13.0. The molecule has 0 atom stereocenters. The Balaban J connectivity index is 1.46. The van der Waals surface area contributed by atoms with Gasteiger partial charge in [-0.05, 0) is 55.9 Å². The molecule has 8 heteroatoms. The zero-order valence-electron chi connectivity index (χ0n) is 16.7. The number of sulfonamides is 1. The fourth-order valence-corrected chi connectivity index (χ4v) is 5.41. The molecule has 1 aliphatic heterocycles. The second-order valence-corrected chi connectivity index (χ2v) is 9.45. The zero-order chi connectivity index (χ0) is 20.0. The second-order valence-electron chi connectivity index (χ2n) is 7.52. The molecule has 28 heavy (non-hydrogen) atoms. The highest BCUT2D eigenvalue weighted by Gasteiger charge is 2.31. The highest BCUT2D eigenvalue weighted by molar-refractivity contribution is 7.89. The predicted molar refractivity (Wildman–Crippen MR) is 107 cm³/mol. The van der Waals surface area contributed by atoms with Crippen LogP contribution in [0.4, 0.5) is 0 Å². The minimum absolute atomic E-state index is 0.0152. The lowest BCUT2D eigenvalue weighted by Crippen LogP contribution is -3.15. The van der Waals surface area contributed by atoms with Crippen LogP contribution in [0.5, 0.6) is 0 Å². The van der Waals surface area contributed by atoms with Crippen molar-refractivity contribution in [2.75, 3.05) is 52.5 Å². The molecule has 0 radical (unpaired) electrons. The van der Waals surface area contributed by atoms with E-state index in [1.54, 1.807) is 10.4 Å². The highest BCUT2D eigenvalue weighted by atomic mass is 32.2. The molecule has 1 fully saturated rings. The van der Waals surface area contributed by atoms with Crippen LogP contribution in [0.3, 0.4) is 0 Å². The monoisotopic (exact) mass is 410 g/mol. The average molecular weight is 411 g/mol. The standard InChI is InChI=1S/C20H31N3O4S/c1-2-27-14-4-9-21-20(24)16-22-10-12-23(13-11-22)28(25,26)19-8-7-17-5-3-6-18(17)15-19/h7-8,15H,2-6,9-14,16H2,1H3,(H,21,24)/p+1. The maximum Gasteiger partial charge on any atom is 0.275 e. The Morgan fingerprint density at radius 3 is 2.71 bits per heavy atom. The van der Waals surface area contributed by atoms with E-state index in [1.165, 1.54) is 11.1 Å². The molecule has 0 unspecified atom stereocenters. The average Bonchev–Trinajstić information content (AvgIpc) is 3.16. The van der Waals surface area contributed by atoms with Gasteiger partial charge in [0.05, 0.1) is 31.1 Å². The summed E-state index contributed by atoms with van der Waals surface area (Å²) in [5.41, 5.74) is 2.45. The normalized spacial score (nSPS) is 18.2. The van der Waals surface area contributed by atoms with Gasteiger partial charge in [0.2, 0.25) is 10.0 Å². The molecular formula is C20H32N3O4S+. The van der Waals surface area contributed by atoms with Gasteiger partial charge in [-0.1, -0.05) is 6.07 Å². The van der Waals surface area contributed by atoms with E-state index in [1.807, 2.05) is 19.1 Å². The number of ether oxygens (including phenoxy) is 1. The quantitative estimate of drug-likeness (QED) is 0.544. The lowest BCUT2D eigenvalue weighted by Gasteiger charge is -2.31. The third-order valence-corrected chi connectivity index (χ3v) is 7.43. The van der Waals surface area contributed by atoms with Gasteiger partial charge in [-0.3, -0.25) is 4.79 Å². The number of hydrogen-bond donors (Lipinski definition) is 2. The number of rotatable bonds is 9. The number of fused-ring (bicyclic) bond motifs is 1. The van der Waals surface area contributed by atoms with Gasteiger partial charge in [0, 0.05) is 19.8 Å². The summed E-state index contributed by atoms with van der Waals surface area (Å²) >= 11 is 0. The van der Waals surface area contributed by atoms with Gasteiger partial charge in [0.25, 0.3) is 5.91 Å². The summed E-state index contributed by atoms with van der Waals surface area (Å²) in [6, 6.07) is 5.56. The Labute approximate surface area is 168 Å². The van der Waals surface area contributed by atoms with Crippen LogP contribution >= 0.6 is 0 Å². The van der Waals surface area contributed by atoms with Gasteiger partial charge in [-0.25, -0.2) is 8.42 Å². The molecule has 1 saturated heterocycles. The van der Waals surface area contributed by atoms with Crippen LogP contribution in [0.2, 0.25) is 0 Å². The molecule has 1 aromatic rings. The van der Waals surface area contributed by atoms with E-state index in [0.29, 0.717) is 57.4 Å². The van der Waals surface area contributed by atoms with Gasteiger partial charge in [0.1, 0.15) is 0 Å².